The van der Waals surface area contributed by atoms with Gasteiger partial charge in [-0.1, -0.05) is 25.1 Å². The van der Waals surface area contributed by atoms with Gasteiger partial charge in [0.25, 0.3) is 5.91 Å². The molecule has 2 amide bonds. The number of nitrogens with one attached hydrogen (secondary N) is 2. The second-order valence-electron chi connectivity index (χ2n) is 7.43. The number of nitrogens with two attached hydrogens (primary N) is 1. The van der Waals surface area contributed by atoms with Crippen molar-refractivity contribution in [2.45, 2.75) is 45.2 Å². The van der Waals surface area contributed by atoms with E-state index >= 15 is 0 Å². The van der Waals surface area contributed by atoms with E-state index in [1.165, 1.54) is 0 Å². The molecule has 1 aliphatic heterocycles. The van der Waals surface area contributed by atoms with Crippen molar-refractivity contribution in [1.82, 2.24) is 5.32 Å². The van der Waals surface area contributed by atoms with Gasteiger partial charge in [-0.3, -0.25) is 9.59 Å². The van der Waals surface area contributed by atoms with E-state index in [9.17, 15) is 9.59 Å². The molecule has 0 radical (unpaired) electrons. The van der Waals surface area contributed by atoms with Crippen LogP contribution in [0.25, 0.3) is 0 Å². The molecule has 0 saturated heterocycles. The van der Waals surface area contributed by atoms with Gasteiger partial charge in [0.15, 0.2) is 0 Å². The molecule has 2 aromatic carbocycles. The van der Waals surface area contributed by atoms with Crippen molar-refractivity contribution in [3.05, 3.63) is 59.7 Å². The summed E-state index contributed by atoms with van der Waals surface area (Å²) in [6.45, 7) is 5.13. The Bertz CT molecular complexity index is 850. The number of carbonyl (C=O) groups is 2. The maximum absolute atomic E-state index is 12.5. The normalized spacial score (nSPS) is 18.1. The maximum atomic E-state index is 12.5. The number of para-hydroxylation sites is 1. The predicted octanol–water partition coefficient (Wildman–Crippen LogP) is 3.45. The molecule has 1 aliphatic rings. The third-order valence-corrected chi connectivity index (χ3v) is 5.31. The summed E-state index contributed by atoms with van der Waals surface area (Å²) in [6.07, 6.45) is 2.08. The number of anilines is 2. The highest BCUT2D eigenvalue weighted by Gasteiger charge is 2.32. The van der Waals surface area contributed by atoms with Gasteiger partial charge in [-0.25, -0.2) is 0 Å². The third-order valence-electron chi connectivity index (χ3n) is 5.31. The Hall–Kier alpha value is -2.86. The van der Waals surface area contributed by atoms with Crippen LogP contribution < -0.4 is 21.3 Å². The molecule has 2 aromatic rings. The van der Waals surface area contributed by atoms with E-state index in [0.717, 1.165) is 29.8 Å². The van der Waals surface area contributed by atoms with Crippen LogP contribution in [0, 0.1) is 0 Å². The Morgan fingerprint density at radius 2 is 1.86 bits per heavy atom. The first-order valence-corrected chi connectivity index (χ1v) is 10.3. The molecular weight excluding hydrogens is 364 g/mol. The molecule has 2 atom stereocenters. The Morgan fingerprint density at radius 1 is 1.14 bits per heavy atom. The Balaban J connectivity index is 1.74. The summed E-state index contributed by atoms with van der Waals surface area (Å²) in [6, 6.07) is 15.8. The molecule has 0 spiro atoms. The minimum Gasteiger partial charge on any atom is -0.378 e. The zero-order valence-electron chi connectivity index (χ0n) is 17.2. The largest absolute Gasteiger partial charge is 0.378 e. The topological polar surface area (TPSA) is 87.5 Å². The molecule has 6 nitrogen and oxygen atoms in total. The fraction of sp³-hybridized carbons (Fsp3) is 0.391. The first kappa shape index (κ1) is 20.9. The molecule has 1 heterocycles. The van der Waals surface area contributed by atoms with Crippen molar-refractivity contribution in [2.24, 2.45) is 5.73 Å². The minimum absolute atomic E-state index is 0.0876. The van der Waals surface area contributed by atoms with Crippen LogP contribution in [0.1, 0.15) is 55.1 Å². The number of amides is 2. The van der Waals surface area contributed by atoms with E-state index in [1.807, 2.05) is 54.3 Å². The van der Waals surface area contributed by atoms with Crippen molar-refractivity contribution < 1.29 is 9.59 Å². The van der Waals surface area contributed by atoms with E-state index < -0.39 is 0 Å². The second kappa shape index (κ2) is 9.56. The smallest absolute Gasteiger partial charge is 0.251 e. The monoisotopic (exact) mass is 394 g/mol. The van der Waals surface area contributed by atoms with E-state index in [4.69, 9.17) is 5.73 Å². The van der Waals surface area contributed by atoms with Gasteiger partial charge >= 0.3 is 0 Å². The molecule has 4 N–H and O–H groups in total. The van der Waals surface area contributed by atoms with Crippen LogP contribution in [0.3, 0.4) is 0 Å². The lowest BCUT2D eigenvalue weighted by molar-refractivity contribution is -0.118. The summed E-state index contributed by atoms with van der Waals surface area (Å²) in [5.41, 5.74) is 9.14. The van der Waals surface area contributed by atoms with Gasteiger partial charge in [0.1, 0.15) is 0 Å². The highest BCUT2D eigenvalue weighted by atomic mass is 16.2. The average molecular weight is 395 g/mol. The number of hydrogen-bond acceptors (Lipinski definition) is 4. The van der Waals surface area contributed by atoms with Crippen LogP contribution in [0.2, 0.25) is 0 Å². The van der Waals surface area contributed by atoms with Crippen molar-refractivity contribution in [2.75, 3.05) is 23.3 Å². The molecule has 0 unspecified atom stereocenters. The van der Waals surface area contributed by atoms with Crippen LogP contribution >= 0.6 is 0 Å². The first-order chi connectivity index (χ1) is 14.0. The number of fused-ring (bicyclic) bond motifs is 1. The third kappa shape index (κ3) is 4.77. The Labute approximate surface area is 172 Å². The molecule has 0 fully saturated rings. The number of benzene rings is 2. The van der Waals surface area contributed by atoms with Crippen LogP contribution in [0.5, 0.6) is 0 Å². The van der Waals surface area contributed by atoms with Crippen molar-refractivity contribution in [3.63, 3.8) is 0 Å². The predicted molar refractivity (Wildman–Crippen MR) is 117 cm³/mol. The van der Waals surface area contributed by atoms with Crippen molar-refractivity contribution in [3.8, 4) is 0 Å². The maximum Gasteiger partial charge on any atom is 0.251 e. The molecule has 0 bridgehead atoms. The number of carbonyl (C=O) groups excluding carboxylic acids is 2. The van der Waals surface area contributed by atoms with E-state index in [0.29, 0.717) is 25.1 Å². The molecular formula is C23H30N4O2. The quantitative estimate of drug-likeness (QED) is 0.628. The van der Waals surface area contributed by atoms with Crippen LogP contribution in [-0.4, -0.2) is 30.9 Å². The summed E-state index contributed by atoms with van der Waals surface area (Å²) in [7, 11) is 0. The van der Waals surface area contributed by atoms with Crippen LogP contribution in [-0.2, 0) is 4.79 Å². The molecule has 0 aliphatic carbocycles. The van der Waals surface area contributed by atoms with Gasteiger partial charge in [0.2, 0.25) is 5.91 Å². The number of hydrogen-bond donors (Lipinski definition) is 3. The Morgan fingerprint density at radius 3 is 2.55 bits per heavy atom. The molecule has 3 rings (SSSR count). The van der Waals surface area contributed by atoms with Crippen molar-refractivity contribution >= 4 is 23.2 Å². The first-order valence-electron chi connectivity index (χ1n) is 10.3. The second-order valence-corrected chi connectivity index (χ2v) is 7.43. The van der Waals surface area contributed by atoms with Gasteiger partial charge in [0.05, 0.1) is 6.04 Å². The van der Waals surface area contributed by atoms with Gasteiger partial charge in [-0.2, -0.15) is 0 Å². The molecule has 6 heteroatoms. The molecule has 29 heavy (non-hydrogen) atoms. The SMILES string of the molecule is CCC(=O)N1c2ccccc2[C@H](Nc2ccc(C(=O)NCCCN)cc2)C[C@@H]1C. The summed E-state index contributed by atoms with van der Waals surface area (Å²) < 4.78 is 0. The standard InChI is InChI=1S/C23H30N4O2/c1-3-22(28)27-16(2)15-20(19-7-4-5-8-21(19)27)26-18-11-9-17(10-12-18)23(29)25-14-6-13-24/h4-5,7-12,16,20,26H,3,6,13-15,24H2,1-2H3,(H,25,29)/t16-,20+/m0/s1. The zero-order valence-corrected chi connectivity index (χ0v) is 17.2. The van der Waals surface area contributed by atoms with Gasteiger partial charge in [-0.15, -0.1) is 0 Å². The van der Waals surface area contributed by atoms with Gasteiger partial charge in [-0.05, 0) is 62.2 Å². The van der Waals surface area contributed by atoms with Crippen molar-refractivity contribution in [1.29, 1.82) is 0 Å². The Kier molecular flexibility index (Phi) is 6.88. The minimum atomic E-state index is -0.0876. The fourth-order valence-corrected chi connectivity index (χ4v) is 3.82. The van der Waals surface area contributed by atoms with E-state index in [1.54, 1.807) is 0 Å². The summed E-state index contributed by atoms with van der Waals surface area (Å²) in [5.74, 6) is 0.0590. The molecule has 154 valence electrons. The summed E-state index contributed by atoms with van der Waals surface area (Å²) in [5, 5.41) is 6.44. The lowest BCUT2D eigenvalue weighted by Crippen LogP contribution is -2.44. The summed E-state index contributed by atoms with van der Waals surface area (Å²) >= 11 is 0. The van der Waals surface area contributed by atoms with Gasteiger partial charge < -0.3 is 21.3 Å². The van der Waals surface area contributed by atoms with Crippen LogP contribution in [0.15, 0.2) is 48.5 Å². The highest BCUT2D eigenvalue weighted by Crippen LogP contribution is 2.39. The number of nitrogens with zero attached hydrogens (tertiary/aromatic N) is 1. The van der Waals surface area contributed by atoms with E-state index in [-0.39, 0.29) is 23.9 Å². The number of rotatable bonds is 7. The molecule has 0 aromatic heterocycles. The average Bonchev–Trinajstić information content (AvgIpc) is 2.74. The van der Waals surface area contributed by atoms with E-state index in [2.05, 4.69) is 23.6 Å². The highest BCUT2D eigenvalue weighted by molar-refractivity contribution is 5.95. The molecule has 0 saturated carbocycles. The fourth-order valence-electron chi connectivity index (χ4n) is 3.82. The lowest BCUT2D eigenvalue weighted by atomic mass is 9.91. The summed E-state index contributed by atoms with van der Waals surface area (Å²) in [4.78, 5) is 26.5. The zero-order chi connectivity index (χ0) is 20.8. The van der Waals surface area contributed by atoms with Crippen LogP contribution in [0.4, 0.5) is 11.4 Å². The lowest BCUT2D eigenvalue weighted by Gasteiger charge is -2.40. The van der Waals surface area contributed by atoms with Gasteiger partial charge in [0, 0.05) is 35.9 Å².